The van der Waals surface area contributed by atoms with Gasteiger partial charge >= 0.3 is 0 Å². The van der Waals surface area contributed by atoms with E-state index in [1.165, 1.54) is 12.1 Å². The third-order valence-corrected chi connectivity index (χ3v) is 3.00. The number of ether oxygens (including phenoxy) is 1. The first kappa shape index (κ1) is 12.8. The molecule has 1 fully saturated rings. The van der Waals surface area contributed by atoms with E-state index in [4.69, 9.17) is 4.74 Å². The van der Waals surface area contributed by atoms with Crippen LogP contribution in [0.4, 0.5) is 4.39 Å². The third kappa shape index (κ3) is 3.20. The number of hydrogen-bond acceptors (Lipinski definition) is 3. The van der Waals surface area contributed by atoms with Gasteiger partial charge in [0.25, 0.3) is 0 Å². The zero-order chi connectivity index (χ0) is 13.0. The van der Waals surface area contributed by atoms with Crippen LogP contribution in [-0.4, -0.2) is 44.1 Å². The second-order valence-electron chi connectivity index (χ2n) is 4.42. The summed E-state index contributed by atoms with van der Waals surface area (Å²) in [6, 6.07) is 5.99. The summed E-state index contributed by atoms with van der Waals surface area (Å²) in [5.41, 5.74) is 0. The van der Waals surface area contributed by atoms with E-state index >= 15 is 0 Å². The lowest BCUT2D eigenvalue weighted by Gasteiger charge is -2.30. The van der Waals surface area contributed by atoms with Gasteiger partial charge in [0.2, 0.25) is 5.91 Å². The lowest BCUT2D eigenvalue weighted by molar-refractivity contribution is -0.136. The Bertz CT molecular complexity index is 421. The van der Waals surface area contributed by atoms with Gasteiger partial charge in [0.15, 0.2) is 0 Å². The normalized spacial score (nSPS) is 15.0. The van der Waals surface area contributed by atoms with Crippen LogP contribution in [0, 0.1) is 11.7 Å². The predicted molar refractivity (Wildman–Crippen MR) is 65.9 cm³/mol. The molecule has 0 bridgehead atoms. The molecule has 1 saturated heterocycles. The van der Waals surface area contributed by atoms with Gasteiger partial charge in [-0.3, -0.25) is 4.79 Å². The molecular weight excluding hydrogens is 235 g/mol. The summed E-state index contributed by atoms with van der Waals surface area (Å²) in [7, 11) is 1.76. The van der Waals surface area contributed by atoms with Crippen LogP contribution >= 0.6 is 0 Å². The Hall–Kier alpha value is -1.62. The number of rotatable bonds is 5. The fourth-order valence-electron chi connectivity index (χ4n) is 1.74. The van der Waals surface area contributed by atoms with Gasteiger partial charge in [-0.25, -0.2) is 4.39 Å². The number of hydrogen-bond donors (Lipinski definition) is 1. The van der Waals surface area contributed by atoms with Gasteiger partial charge in [-0.1, -0.05) is 6.07 Å². The number of likely N-dealkylation sites (N-methyl/N-ethyl adjacent to an activating group) is 1. The summed E-state index contributed by atoms with van der Waals surface area (Å²) >= 11 is 0. The average Bonchev–Trinajstić information content (AvgIpc) is 2.26. The summed E-state index contributed by atoms with van der Waals surface area (Å²) in [5, 5.41) is 3.06. The molecule has 2 rings (SSSR count). The zero-order valence-electron chi connectivity index (χ0n) is 10.4. The number of benzene rings is 1. The molecule has 0 atom stereocenters. The Morgan fingerprint density at radius 3 is 2.94 bits per heavy atom. The third-order valence-electron chi connectivity index (χ3n) is 3.00. The van der Waals surface area contributed by atoms with Crippen LogP contribution in [0.15, 0.2) is 24.3 Å². The van der Waals surface area contributed by atoms with Crippen molar-refractivity contribution in [3.8, 4) is 5.75 Å². The molecule has 1 N–H and O–H groups in total. The monoisotopic (exact) mass is 252 g/mol. The van der Waals surface area contributed by atoms with Crippen molar-refractivity contribution in [2.75, 3.05) is 33.3 Å². The smallest absolute Gasteiger partial charge is 0.228 e. The summed E-state index contributed by atoms with van der Waals surface area (Å²) in [5.74, 6) is 0.402. The van der Waals surface area contributed by atoms with Gasteiger partial charge in [-0.15, -0.1) is 0 Å². The Balaban J connectivity index is 1.73. The van der Waals surface area contributed by atoms with E-state index < -0.39 is 0 Å². The van der Waals surface area contributed by atoms with Gasteiger partial charge in [-0.05, 0) is 12.1 Å². The van der Waals surface area contributed by atoms with Crippen LogP contribution in [0.5, 0.6) is 5.75 Å². The van der Waals surface area contributed by atoms with E-state index in [1.54, 1.807) is 24.1 Å². The molecule has 1 aromatic carbocycles. The molecule has 0 radical (unpaired) electrons. The molecule has 1 amide bonds. The van der Waals surface area contributed by atoms with Crippen molar-refractivity contribution >= 4 is 5.91 Å². The van der Waals surface area contributed by atoms with E-state index in [1.807, 2.05) is 0 Å². The van der Waals surface area contributed by atoms with Gasteiger partial charge in [0.05, 0.1) is 12.5 Å². The Morgan fingerprint density at radius 1 is 1.56 bits per heavy atom. The number of carbonyl (C=O) groups is 1. The van der Waals surface area contributed by atoms with Crippen LogP contribution in [0.3, 0.4) is 0 Å². The predicted octanol–water partition coefficient (Wildman–Crippen LogP) is 0.882. The lowest BCUT2D eigenvalue weighted by atomic mass is 10.0. The number of halogens is 1. The largest absolute Gasteiger partial charge is 0.492 e. The van der Waals surface area contributed by atoms with Crippen molar-refractivity contribution in [1.82, 2.24) is 10.2 Å². The Kier molecular flexibility index (Phi) is 4.15. The van der Waals surface area contributed by atoms with Gasteiger partial charge in [-0.2, -0.15) is 0 Å². The standard InChI is InChI=1S/C13H17FN2O2/c1-16(13(17)10-8-15-9-10)5-6-18-12-4-2-3-11(14)7-12/h2-4,7,10,15H,5-6,8-9H2,1H3. The fraction of sp³-hybridized carbons (Fsp3) is 0.462. The van der Waals surface area contributed by atoms with Crippen LogP contribution in [0.25, 0.3) is 0 Å². The first-order valence-electron chi connectivity index (χ1n) is 6.01. The van der Waals surface area contributed by atoms with E-state index in [0.29, 0.717) is 18.9 Å². The fourth-order valence-corrected chi connectivity index (χ4v) is 1.74. The minimum atomic E-state index is -0.322. The summed E-state index contributed by atoms with van der Waals surface area (Å²) < 4.78 is 18.3. The van der Waals surface area contributed by atoms with Crippen LogP contribution in [0.2, 0.25) is 0 Å². The first-order chi connectivity index (χ1) is 8.66. The molecule has 5 heteroatoms. The molecule has 18 heavy (non-hydrogen) atoms. The van der Waals surface area contributed by atoms with Crippen molar-refractivity contribution in [3.05, 3.63) is 30.1 Å². The van der Waals surface area contributed by atoms with Crippen LogP contribution < -0.4 is 10.1 Å². The molecule has 98 valence electrons. The van der Waals surface area contributed by atoms with Crippen LogP contribution in [-0.2, 0) is 4.79 Å². The molecule has 1 heterocycles. The summed E-state index contributed by atoms with van der Waals surface area (Å²) in [6.07, 6.45) is 0. The lowest BCUT2D eigenvalue weighted by Crippen LogP contribution is -2.51. The minimum Gasteiger partial charge on any atom is -0.492 e. The highest BCUT2D eigenvalue weighted by Gasteiger charge is 2.27. The molecule has 0 aliphatic carbocycles. The van der Waals surface area contributed by atoms with Crippen molar-refractivity contribution < 1.29 is 13.9 Å². The molecule has 1 aliphatic heterocycles. The van der Waals surface area contributed by atoms with Crippen LogP contribution in [0.1, 0.15) is 0 Å². The molecule has 0 spiro atoms. The summed E-state index contributed by atoms with van der Waals surface area (Å²) in [6.45, 7) is 2.39. The average molecular weight is 252 g/mol. The van der Waals surface area contributed by atoms with E-state index in [0.717, 1.165) is 13.1 Å². The van der Waals surface area contributed by atoms with Gasteiger partial charge in [0, 0.05) is 26.2 Å². The molecule has 4 nitrogen and oxygen atoms in total. The molecule has 1 aromatic rings. The van der Waals surface area contributed by atoms with Crippen molar-refractivity contribution in [1.29, 1.82) is 0 Å². The van der Waals surface area contributed by atoms with E-state index in [2.05, 4.69) is 5.32 Å². The second-order valence-corrected chi connectivity index (χ2v) is 4.42. The van der Waals surface area contributed by atoms with E-state index in [-0.39, 0.29) is 17.6 Å². The zero-order valence-corrected chi connectivity index (χ0v) is 10.4. The molecule has 0 unspecified atom stereocenters. The number of nitrogens with zero attached hydrogens (tertiary/aromatic N) is 1. The van der Waals surface area contributed by atoms with Crippen molar-refractivity contribution in [2.24, 2.45) is 5.92 Å². The molecular formula is C13H17FN2O2. The maximum atomic E-state index is 12.9. The quantitative estimate of drug-likeness (QED) is 0.846. The maximum absolute atomic E-state index is 12.9. The highest BCUT2D eigenvalue weighted by molar-refractivity contribution is 5.79. The molecule has 1 aliphatic rings. The highest BCUT2D eigenvalue weighted by Crippen LogP contribution is 2.12. The summed E-state index contributed by atoms with van der Waals surface area (Å²) in [4.78, 5) is 13.4. The SMILES string of the molecule is CN(CCOc1cccc(F)c1)C(=O)C1CNC1. The molecule has 0 saturated carbocycles. The van der Waals surface area contributed by atoms with Gasteiger partial charge in [0.1, 0.15) is 18.2 Å². The minimum absolute atomic E-state index is 0.101. The van der Waals surface area contributed by atoms with E-state index in [9.17, 15) is 9.18 Å². The highest BCUT2D eigenvalue weighted by atomic mass is 19.1. The first-order valence-corrected chi connectivity index (χ1v) is 6.01. The Morgan fingerprint density at radius 2 is 2.33 bits per heavy atom. The maximum Gasteiger partial charge on any atom is 0.228 e. The second kappa shape index (κ2) is 5.82. The molecule has 0 aromatic heterocycles. The number of amides is 1. The van der Waals surface area contributed by atoms with Crippen molar-refractivity contribution in [3.63, 3.8) is 0 Å². The topological polar surface area (TPSA) is 41.6 Å². The Labute approximate surface area is 106 Å². The van der Waals surface area contributed by atoms with Gasteiger partial charge < -0.3 is 15.0 Å². The number of carbonyl (C=O) groups excluding carboxylic acids is 1. The van der Waals surface area contributed by atoms with Crippen molar-refractivity contribution in [2.45, 2.75) is 0 Å². The number of nitrogens with one attached hydrogen (secondary N) is 1.